The number of halogens is 2. The van der Waals surface area contributed by atoms with Gasteiger partial charge in [-0.1, -0.05) is 42.1 Å². The molecule has 46 heavy (non-hydrogen) atoms. The first-order valence-electron chi connectivity index (χ1n) is 15.0. The van der Waals surface area contributed by atoms with E-state index in [1.165, 1.54) is 37.3 Å². The van der Waals surface area contributed by atoms with Gasteiger partial charge in [-0.3, -0.25) is 13.9 Å². The maximum Gasteiger partial charge on any atom is 0.264 e. The second-order valence-corrected chi connectivity index (χ2v) is 13.5. The van der Waals surface area contributed by atoms with Gasteiger partial charge in [-0.25, -0.2) is 8.42 Å². The standard InChI is InChI=1S/C33H39Cl2N3O7S/c1-5-45-25-15-13-24(14-16-25)38(46(41,42)26-17-18-30(43-3)31(19-26)44-4)21-32(39)37(20-27-28(34)11-8-12-29(27)35)22(2)33(40)36-23-9-6-7-10-23/h8,11-19,22-23H,5-7,9-10,20-21H2,1-4H3,(H,36,40)/t22-/m1/s1. The maximum absolute atomic E-state index is 14.3. The number of sulfonamides is 1. The van der Waals surface area contributed by atoms with Crippen molar-refractivity contribution in [3.05, 3.63) is 76.3 Å². The van der Waals surface area contributed by atoms with Gasteiger partial charge in [0.1, 0.15) is 18.3 Å². The van der Waals surface area contributed by atoms with E-state index < -0.39 is 28.5 Å². The van der Waals surface area contributed by atoms with E-state index in [2.05, 4.69) is 5.32 Å². The van der Waals surface area contributed by atoms with Crippen molar-refractivity contribution >= 4 is 50.7 Å². The van der Waals surface area contributed by atoms with Gasteiger partial charge in [-0.15, -0.1) is 0 Å². The molecular weight excluding hydrogens is 653 g/mol. The number of carbonyl (C=O) groups excluding carboxylic acids is 2. The first-order valence-corrected chi connectivity index (χ1v) is 17.2. The lowest BCUT2D eigenvalue weighted by Crippen LogP contribution is -2.52. The molecule has 1 atom stereocenters. The lowest BCUT2D eigenvalue weighted by molar-refractivity contribution is -0.139. The van der Waals surface area contributed by atoms with E-state index in [4.69, 9.17) is 37.4 Å². The van der Waals surface area contributed by atoms with Gasteiger partial charge in [0.05, 0.1) is 31.4 Å². The fourth-order valence-electron chi connectivity index (χ4n) is 5.34. The molecule has 0 bridgehead atoms. The first-order chi connectivity index (χ1) is 22.0. The summed E-state index contributed by atoms with van der Waals surface area (Å²) in [6.07, 6.45) is 3.75. The summed E-state index contributed by atoms with van der Waals surface area (Å²) in [7, 11) is -1.52. The molecular formula is C33H39Cl2N3O7S. The van der Waals surface area contributed by atoms with E-state index in [9.17, 15) is 18.0 Å². The molecule has 0 radical (unpaired) electrons. The van der Waals surface area contributed by atoms with Crippen molar-refractivity contribution in [3.8, 4) is 17.2 Å². The van der Waals surface area contributed by atoms with Crippen LogP contribution in [0.4, 0.5) is 5.69 Å². The van der Waals surface area contributed by atoms with Crippen LogP contribution in [0, 0.1) is 0 Å². The SMILES string of the molecule is CCOc1ccc(N(CC(=O)N(Cc2c(Cl)cccc2Cl)[C@H](C)C(=O)NC2CCCC2)S(=O)(=O)c2ccc(OC)c(OC)c2)cc1. The Labute approximate surface area is 280 Å². The third kappa shape index (κ3) is 8.18. The van der Waals surface area contributed by atoms with Gasteiger partial charge in [-0.05, 0) is 75.2 Å². The van der Waals surface area contributed by atoms with Gasteiger partial charge in [0.2, 0.25) is 11.8 Å². The second kappa shape index (κ2) is 15.8. The Hall–Kier alpha value is -3.67. The zero-order valence-electron chi connectivity index (χ0n) is 26.3. The van der Waals surface area contributed by atoms with Crippen LogP contribution in [0.3, 0.4) is 0 Å². The summed E-state index contributed by atoms with van der Waals surface area (Å²) in [4.78, 5) is 28.9. The molecule has 0 spiro atoms. The van der Waals surface area contributed by atoms with Gasteiger partial charge < -0.3 is 24.4 Å². The van der Waals surface area contributed by atoms with Gasteiger partial charge in [0, 0.05) is 34.3 Å². The van der Waals surface area contributed by atoms with Crippen molar-refractivity contribution < 1.29 is 32.2 Å². The molecule has 1 saturated carbocycles. The Balaban J connectivity index is 1.75. The number of amides is 2. The topological polar surface area (TPSA) is 114 Å². The van der Waals surface area contributed by atoms with Gasteiger partial charge in [0.15, 0.2) is 11.5 Å². The van der Waals surface area contributed by atoms with Gasteiger partial charge in [0.25, 0.3) is 10.0 Å². The highest BCUT2D eigenvalue weighted by Crippen LogP contribution is 2.33. The van der Waals surface area contributed by atoms with Crippen molar-refractivity contribution in [2.24, 2.45) is 0 Å². The van der Waals surface area contributed by atoms with Crippen LogP contribution >= 0.6 is 23.2 Å². The van der Waals surface area contributed by atoms with Crippen molar-refractivity contribution in [2.75, 3.05) is 31.7 Å². The Morgan fingerprint density at radius 1 is 0.957 bits per heavy atom. The number of hydrogen-bond acceptors (Lipinski definition) is 7. The molecule has 1 fully saturated rings. The molecule has 3 aromatic carbocycles. The molecule has 0 saturated heterocycles. The van der Waals surface area contributed by atoms with Crippen molar-refractivity contribution in [1.82, 2.24) is 10.2 Å². The van der Waals surface area contributed by atoms with Gasteiger partial charge >= 0.3 is 0 Å². The number of ether oxygens (including phenoxy) is 3. The van der Waals surface area contributed by atoms with E-state index in [0.717, 1.165) is 30.0 Å². The summed E-state index contributed by atoms with van der Waals surface area (Å²) in [6.45, 7) is 3.12. The molecule has 2 amide bonds. The number of nitrogens with zero attached hydrogens (tertiary/aromatic N) is 2. The van der Waals surface area contributed by atoms with Crippen molar-refractivity contribution in [2.45, 2.75) is 63.1 Å². The maximum atomic E-state index is 14.3. The predicted octanol–water partition coefficient (Wildman–Crippen LogP) is 6.08. The molecule has 1 aliphatic carbocycles. The van der Waals surface area contributed by atoms with Gasteiger partial charge in [-0.2, -0.15) is 0 Å². The van der Waals surface area contributed by atoms with Crippen LogP contribution in [0.25, 0.3) is 0 Å². The number of nitrogens with one attached hydrogen (secondary N) is 1. The monoisotopic (exact) mass is 691 g/mol. The van der Waals surface area contributed by atoms with Crippen LogP contribution in [0.15, 0.2) is 65.6 Å². The largest absolute Gasteiger partial charge is 0.494 e. The number of methoxy groups -OCH3 is 2. The highest BCUT2D eigenvalue weighted by atomic mass is 35.5. The lowest BCUT2D eigenvalue weighted by atomic mass is 10.1. The number of rotatable bonds is 14. The van der Waals surface area contributed by atoms with E-state index in [1.54, 1.807) is 49.4 Å². The molecule has 13 heteroatoms. The fourth-order valence-corrected chi connectivity index (χ4v) is 7.28. The zero-order valence-corrected chi connectivity index (χ0v) is 28.6. The summed E-state index contributed by atoms with van der Waals surface area (Å²) in [6, 6.07) is 14.6. The first kappa shape index (κ1) is 35.2. The second-order valence-electron chi connectivity index (χ2n) is 10.8. The molecule has 0 aliphatic heterocycles. The summed E-state index contributed by atoms with van der Waals surface area (Å²) >= 11 is 13.0. The third-order valence-electron chi connectivity index (χ3n) is 7.92. The van der Waals surface area contributed by atoms with E-state index >= 15 is 0 Å². The van der Waals surface area contributed by atoms with Crippen LogP contribution in [-0.4, -0.2) is 64.6 Å². The normalized spacial score (nSPS) is 14.0. The Kier molecular flexibility index (Phi) is 12.0. The van der Waals surface area contributed by atoms with E-state index in [-0.39, 0.29) is 34.8 Å². The van der Waals surface area contributed by atoms with Crippen LogP contribution in [0.1, 0.15) is 45.1 Å². The molecule has 10 nitrogen and oxygen atoms in total. The van der Waals surface area contributed by atoms with Crippen LogP contribution in [-0.2, 0) is 26.2 Å². The molecule has 1 N–H and O–H groups in total. The fraction of sp³-hybridized carbons (Fsp3) is 0.394. The molecule has 3 aromatic rings. The molecule has 0 unspecified atom stereocenters. The Morgan fingerprint density at radius 3 is 2.17 bits per heavy atom. The lowest BCUT2D eigenvalue weighted by Gasteiger charge is -2.33. The minimum Gasteiger partial charge on any atom is -0.494 e. The average Bonchev–Trinajstić information content (AvgIpc) is 3.56. The number of anilines is 1. The number of benzene rings is 3. The molecule has 1 aliphatic rings. The quantitative estimate of drug-likeness (QED) is 0.218. The van der Waals surface area contributed by atoms with Crippen LogP contribution in [0.5, 0.6) is 17.2 Å². The third-order valence-corrected chi connectivity index (χ3v) is 10.4. The Morgan fingerprint density at radius 2 is 1.59 bits per heavy atom. The summed E-state index contributed by atoms with van der Waals surface area (Å²) < 4.78 is 45.7. The minimum absolute atomic E-state index is 0.0154. The molecule has 0 aromatic heterocycles. The van der Waals surface area contributed by atoms with Crippen molar-refractivity contribution in [3.63, 3.8) is 0 Å². The minimum atomic E-state index is -4.36. The molecule has 0 heterocycles. The summed E-state index contributed by atoms with van der Waals surface area (Å²) in [5.41, 5.74) is 0.653. The summed E-state index contributed by atoms with van der Waals surface area (Å²) in [5.74, 6) is 0.0961. The van der Waals surface area contributed by atoms with E-state index in [0.29, 0.717) is 33.7 Å². The number of hydrogen-bond donors (Lipinski definition) is 1. The van der Waals surface area contributed by atoms with Crippen LogP contribution < -0.4 is 23.8 Å². The summed E-state index contributed by atoms with van der Waals surface area (Å²) in [5, 5.41) is 3.67. The predicted molar refractivity (Wildman–Crippen MR) is 179 cm³/mol. The average molecular weight is 693 g/mol. The highest BCUT2D eigenvalue weighted by molar-refractivity contribution is 7.92. The molecule has 248 valence electrons. The number of carbonyl (C=O) groups is 2. The highest BCUT2D eigenvalue weighted by Gasteiger charge is 2.34. The van der Waals surface area contributed by atoms with Crippen LogP contribution in [0.2, 0.25) is 10.0 Å². The smallest absolute Gasteiger partial charge is 0.264 e. The molecule has 4 rings (SSSR count). The van der Waals surface area contributed by atoms with E-state index in [1.807, 2.05) is 6.92 Å². The zero-order chi connectivity index (χ0) is 33.4. The van der Waals surface area contributed by atoms with Crippen molar-refractivity contribution in [1.29, 1.82) is 0 Å². The Bertz CT molecular complexity index is 1610.